The smallest absolute Gasteiger partial charge is 0.413 e. The van der Waals surface area contributed by atoms with Crippen molar-refractivity contribution in [1.29, 1.82) is 0 Å². The van der Waals surface area contributed by atoms with Gasteiger partial charge in [0.05, 0.1) is 11.3 Å². The molecule has 2 aliphatic heterocycles. The standard InChI is InChI=1S/C24H28FN7O3/c1-13-17(9-30-23-22(13)28-4-6-34-23)16-7-14-8-19(29-10-18(14)21(26)20(16)25)31-24(33)35-15-11-32(12-15)5-3-27-2/h7-10,15,27-28H,3-6,11-12,26H2,1-2H3,(H,29,31,33)/p+1. The molecule has 0 saturated carbocycles. The number of rotatable bonds is 6. The maximum atomic E-state index is 15.3. The SMILES string of the molecule is CNCCN1CC(OC(=O)Nc2cc3cc(-c4c[nH+]c5c(c4C)NCCO5)c(F)c(N)c3cn2)C1. The highest BCUT2D eigenvalue weighted by Gasteiger charge is 2.29. The largest absolute Gasteiger partial charge is 0.443 e. The number of likely N-dealkylation sites (N-methyl/N-ethyl adjacent to an activating group) is 1. The number of likely N-dealkylation sites (tertiary alicyclic amines) is 1. The monoisotopic (exact) mass is 482 g/mol. The molecule has 2 aliphatic rings. The van der Waals surface area contributed by atoms with Crippen LogP contribution in [0.2, 0.25) is 0 Å². The van der Waals surface area contributed by atoms with Crippen LogP contribution in [0.5, 0.6) is 5.88 Å². The minimum absolute atomic E-state index is 0.00316. The number of nitrogen functional groups attached to an aromatic ring is 1. The van der Waals surface area contributed by atoms with Gasteiger partial charge in [0.25, 0.3) is 0 Å². The number of nitrogens with two attached hydrogens (primary N) is 1. The summed E-state index contributed by atoms with van der Waals surface area (Å²) in [5.74, 6) is 0.396. The van der Waals surface area contributed by atoms with E-state index in [1.54, 1.807) is 18.3 Å². The van der Waals surface area contributed by atoms with Gasteiger partial charge in [0.15, 0.2) is 17.7 Å². The molecule has 1 fully saturated rings. The third-order valence-electron chi connectivity index (χ3n) is 6.40. The third kappa shape index (κ3) is 4.52. The average Bonchev–Trinajstić information content (AvgIpc) is 2.83. The summed E-state index contributed by atoms with van der Waals surface area (Å²) in [5, 5.41) is 10.2. The van der Waals surface area contributed by atoms with Crippen LogP contribution in [0.15, 0.2) is 24.5 Å². The van der Waals surface area contributed by atoms with Crippen molar-refractivity contribution in [3.63, 3.8) is 0 Å². The molecule has 35 heavy (non-hydrogen) atoms. The number of hydrogen-bond donors (Lipinski definition) is 4. The van der Waals surface area contributed by atoms with Gasteiger partial charge in [-0.2, -0.15) is 4.98 Å². The van der Waals surface area contributed by atoms with Crippen molar-refractivity contribution in [2.24, 2.45) is 0 Å². The summed E-state index contributed by atoms with van der Waals surface area (Å²) in [7, 11) is 1.90. The molecule has 5 rings (SSSR count). The van der Waals surface area contributed by atoms with E-state index in [2.05, 4.69) is 30.8 Å². The van der Waals surface area contributed by atoms with Gasteiger partial charge in [-0.15, -0.1) is 0 Å². The van der Waals surface area contributed by atoms with Gasteiger partial charge in [-0.3, -0.25) is 10.2 Å². The number of aromatic nitrogens is 2. The lowest BCUT2D eigenvalue weighted by Crippen LogP contribution is -2.54. The van der Waals surface area contributed by atoms with Crippen molar-refractivity contribution in [3.05, 3.63) is 35.9 Å². The number of benzene rings is 1. The van der Waals surface area contributed by atoms with E-state index in [0.717, 1.165) is 24.3 Å². The van der Waals surface area contributed by atoms with E-state index in [0.29, 0.717) is 59.8 Å². The van der Waals surface area contributed by atoms with Crippen LogP contribution in [-0.4, -0.2) is 68.5 Å². The summed E-state index contributed by atoms with van der Waals surface area (Å²) in [6, 6.07) is 3.37. The number of carbonyl (C=O) groups excluding carboxylic acids is 1. The fraction of sp³-hybridized carbons (Fsp3) is 0.375. The maximum absolute atomic E-state index is 15.3. The van der Waals surface area contributed by atoms with Crippen molar-refractivity contribution in [1.82, 2.24) is 15.2 Å². The molecule has 1 amide bonds. The predicted molar refractivity (Wildman–Crippen MR) is 131 cm³/mol. The molecule has 0 bridgehead atoms. The lowest BCUT2D eigenvalue weighted by atomic mass is 9.97. The molecule has 3 aromatic rings. The Kier molecular flexibility index (Phi) is 6.27. The van der Waals surface area contributed by atoms with Crippen LogP contribution in [0.3, 0.4) is 0 Å². The van der Waals surface area contributed by atoms with Crippen molar-refractivity contribution in [2.75, 3.05) is 62.7 Å². The normalized spacial score (nSPS) is 15.6. The summed E-state index contributed by atoms with van der Waals surface area (Å²) in [6.45, 7) is 6.33. The van der Waals surface area contributed by atoms with E-state index >= 15 is 4.39 Å². The molecule has 6 N–H and O–H groups in total. The second-order valence-corrected chi connectivity index (χ2v) is 8.76. The van der Waals surface area contributed by atoms with Crippen LogP contribution in [0.1, 0.15) is 5.56 Å². The highest BCUT2D eigenvalue weighted by atomic mass is 19.1. The summed E-state index contributed by atoms with van der Waals surface area (Å²) in [6.07, 6.45) is 2.44. The first kappa shape index (κ1) is 23.1. The molecule has 0 aliphatic carbocycles. The van der Waals surface area contributed by atoms with E-state index < -0.39 is 11.9 Å². The van der Waals surface area contributed by atoms with Gasteiger partial charge in [0.1, 0.15) is 18.5 Å². The quantitative estimate of drug-likeness (QED) is 0.393. The summed E-state index contributed by atoms with van der Waals surface area (Å²) < 4.78 is 26.4. The number of pyridine rings is 2. The Bertz CT molecular complexity index is 1280. The van der Waals surface area contributed by atoms with Crippen LogP contribution in [0.4, 0.5) is 26.4 Å². The molecule has 0 atom stereocenters. The Morgan fingerprint density at radius 3 is 3.03 bits per heavy atom. The topological polar surface area (TPSA) is 128 Å². The van der Waals surface area contributed by atoms with Gasteiger partial charge >= 0.3 is 12.0 Å². The van der Waals surface area contributed by atoms with Crippen molar-refractivity contribution < 1.29 is 23.6 Å². The Balaban J connectivity index is 1.37. The van der Waals surface area contributed by atoms with Crippen LogP contribution in [-0.2, 0) is 4.74 Å². The van der Waals surface area contributed by atoms with E-state index in [-0.39, 0.29) is 11.8 Å². The second-order valence-electron chi connectivity index (χ2n) is 8.76. The molecule has 0 radical (unpaired) electrons. The summed E-state index contributed by atoms with van der Waals surface area (Å²) in [5.41, 5.74) is 8.79. The van der Waals surface area contributed by atoms with Gasteiger partial charge < -0.3 is 25.8 Å². The van der Waals surface area contributed by atoms with E-state index in [1.807, 2.05) is 14.0 Å². The van der Waals surface area contributed by atoms with Crippen LogP contribution < -0.4 is 31.4 Å². The van der Waals surface area contributed by atoms with Crippen molar-refractivity contribution in [3.8, 4) is 17.0 Å². The number of nitrogens with zero attached hydrogens (tertiary/aromatic N) is 2. The molecule has 10 nitrogen and oxygen atoms in total. The molecule has 1 saturated heterocycles. The number of H-pyrrole nitrogens is 1. The lowest BCUT2D eigenvalue weighted by Gasteiger charge is -2.38. The van der Waals surface area contributed by atoms with Gasteiger partial charge in [-0.05, 0) is 37.1 Å². The van der Waals surface area contributed by atoms with E-state index in [4.69, 9.17) is 15.2 Å². The molecule has 2 aromatic heterocycles. The number of ether oxygens (including phenoxy) is 2. The Labute approximate surface area is 202 Å². The van der Waals surface area contributed by atoms with Crippen molar-refractivity contribution >= 4 is 34.1 Å². The van der Waals surface area contributed by atoms with Crippen LogP contribution >= 0.6 is 0 Å². The zero-order chi connectivity index (χ0) is 24.5. The predicted octanol–water partition coefficient (Wildman–Crippen LogP) is 2.00. The minimum atomic E-state index is -0.573. The van der Waals surface area contributed by atoms with Crippen LogP contribution in [0, 0.1) is 12.7 Å². The van der Waals surface area contributed by atoms with Crippen molar-refractivity contribution in [2.45, 2.75) is 13.0 Å². The molecule has 184 valence electrons. The van der Waals surface area contributed by atoms with Crippen LogP contribution in [0.25, 0.3) is 21.9 Å². The number of fused-ring (bicyclic) bond motifs is 2. The second kappa shape index (κ2) is 9.51. The zero-order valence-electron chi connectivity index (χ0n) is 19.7. The Morgan fingerprint density at radius 1 is 1.40 bits per heavy atom. The Morgan fingerprint density at radius 2 is 2.23 bits per heavy atom. The fourth-order valence-electron chi connectivity index (χ4n) is 4.46. The molecule has 0 unspecified atom stereocenters. The summed E-state index contributed by atoms with van der Waals surface area (Å²) in [4.78, 5) is 21.9. The van der Waals surface area contributed by atoms with E-state index in [9.17, 15) is 4.79 Å². The fourth-order valence-corrected chi connectivity index (χ4v) is 4.46. The average molecular weight is 483 g/mol. The third-order valence-corrected chi connectivity index (χ3v) is 6.40. The summed E-state index contributed by atoms with van der Waals surface area (Å²) >= 11 is 0. The number of hydrogen-bond acceptors (Lipinski definition) is 8. The number of amides is 1. The molecular formula is C24H29FN7O3+. The number of aromatic amines is 1. The maximum Gasteiger partial charge on any atom is 0.413 e. The number of halogens is 1. The van der Waals surface area contributed by atoms with Gasteiger partial charge in [-0.1, -0.05) is 0 Å². The minimum Gasteiger partial charge on any atom is -0.443 e. The molecular weight excluding hydrogens is 453 g/mol. The van der Waals surface area contributed by atoms with Gasteiger partial charge in [-0.25, -0.2) is 14.2 Å². The number of carbonyl (C=O) groups is 1. The van der Waals surface area contributed by atoms with Gasteiger partial charge in [0, 0.05) is 49.9 Å². The molecule has 1 aromatic carbocycles. The zero-order valence-corrected chi connectivity index (χ0v) is 19.7. The first-order chi connectivity index (χ1) is 16.9. The molecule has 4 heterocycles. The lowest BCUT2D eigenvalue weighted by molar-refractivity contribution is -0.393. The number of nitrogens with one attached hydrogen (secondary N) is 4. The first-order valence-corrected chi connectivity index (χ1v) is 11.6. The highest BCUT2D eigenvalue weighted by Crippen LogP contribution is 2.38. The highest BCUT2D eigenvalue weighted by molar-refractivity contribution is 5.99. The number of anilines is 3. The molecule has 11 heteroatoms. The molecule has 0 spiro atoms. The first-order valence-electron chi connectivity index (χ1n) is 11.6. The Hall–Kier alpha value is -3.70. The van der Waals surface area contributed by atoms with E-state index in [1.165, 1.54) is 6.20 Å². The van der Waals surface area contributed by atoms with Gasteiger partial charge in [0.2, 0.25) is 0 Å².